The average Bonchev–Trinajstić information content (AvgIpc) is 2.44. The van der Waals surface area contributed by atoms with Crippen molar-refractivity contribution in [2.45, 2.75) is 33.2 Å². The maximum absolute atomic E-state index is 5.29. The van der Waals surface area contributed by atoms with Gasteiger partial charge in [0.05, 0.1) is 7.11 Å². The second-order valence-corrected chi connectivity index (χ2v) is 5.76. The molecule has 0 aliphatic carbocycles. The van der Waals surface area contributed by atoms with Crippen molar-refractivity contribution in [3.05, 3.63) is 64.2 Å². The van der Waals surface area contributed by atoms with Gasteiger partial charge in [0.15, 0.2) is 0 Å². The fourth-order valence-corrected chi connectivity index (χ4v) is 2.96. The average molecular weight is 283 g/mol. The SMILES string of the molecule is CNC(Cc1cc(C)cc(C)c1)c1ccc(OC)cc1C. The van der Waals surface area contributed by atoms with E-state index in [1.54, 1.807) is 7.11 Å². The molecule has 0 aliphatic rings. The van der Waals surface area contributed by atoms with E-state index in [1.165, 1.54) is 27.8 Å². The monoisotopic (exact) mass is 283 g/mol. The number of benzene rings is 2. The van der Waals surface area contributed by atoms with Crippen LogP contribution in [-0.2, 0) is 6.42 Å². The second kappa shape index (κ2) is 6.77. The van der Waals surface area contributed by atoms with E-state index in [4.69, 9.17) is 4.74 Å². The fourth-order valence-electron chi connectivity index (χ4n) is 2.96. The van der Waals surface area contributed by atoms with Gasteiger partial charge < -0.3 is 10.1 Å². The highest BCUT2D eigenvalue weighted by Crippen LogP contribution is 2.25. The van der Waals surface area contributed by atoms with Crippen molar-refractivity contribution in [2.75, 3.05) is 14.2 Å². The van der Waals surface area contributed by atoms with Crippen LogP contribution in [0.5, 0.6) is 5.75 Å². The lowest BCUT2D eigenvalue weighted by atomic mass is 9.94. The number of aryl methyl sites for hydroxylation is 3. The Morgan fingerprint density at radius 3 is 2.19 bits per heavy atom. The third-order valence-electron chi connectivity index (χ3n) is 3.92. The Kier molecular flexibility index (Phi) is 5.03. The van der Waals surface area contributed by atoms with E-state index in [0.717, 1.165) is 12.2 Å². The number of likely N-dealkylation sites (N-methyl/N-ethyl adjacent to an activating group) is 1. The summed E-state index contributed by atoms with van der Waals surface area (Å²) in [4.78, 5) is 0. The van der Waals surface area contributed by atoms with Crippen LogP contribution in [0.4, 0.5) is 0 Å². The summed E-state index contributed by atoms with van der Waals surface area (Å²) in [6.07, 6.45) is 0.992. The van der Waals surface area contributed by atoms with Crippen molar-refractivity contribution in [1.82, 2.24) is 5.32 Å². The topological polar surface area (TPSA) is 21.3 Å². The van der Waals surface area contributed by atoms with Gasteiger partial charge in [0.1, 0.15) is 5.75 Å². The molecule has 0 saturated heterocycles. The quantitative estimate of drug-likeness (QED) is 0.891. The molecule has 2 heteroatoms. The van der Waals surface area contributed by atoms with E-state index >= 15 is 0 Å². The Labute approximate surface area is 128 Å². The molecule has 0 amide bonds. The summed E-state index contributed by atoms with van der Waals surface area (Å²) in [6, 6.07) is 13.4. The Morgan fingerprint density at radius 1 is 1.00 bits per heavy atom. The number of hydrogen-bond donors (Lipinski definition) is 1. The van der Waals surface area contributed by atoms with Gasteiger partial charge in [-0.15, -0.1) is 0 Å². The molecular formula is C19H25NO. The molecule has 0 aliphatic heterocycles. The van der Waals surface area contributed by atoms with Gasteiger partial charge >= 0.3 is 0 Å². The van der Waals surface area contributed by atoms with Crippen molar-refractivity contribution in [3.8, 4) is 5.75 Å². The van der Waals surface area contributed by atoms with Crippen LogP contribution in [0.2, 0.25) is 0 Å². The first-order chi connectivity index (χ1) is 10.0. The number of nitrogens with one attached hydrogen (secondary N) is 1. The van der Waals surface area contributed by atoms with E-state index in [1.807, 2.05) is 13.1 Å². The van der Waals surface area contributed by atoms with E-state index in [-0.39, 0.29) is 0 Å². The first-order valence-corrected chi connectivity index (χ1v) is 7.42. The molecule has 112 valence electrons. The summed E-state index contributed by atoms with van der Waals surface area (Å²) in [7, 11) is 3.73. The first-order valence-electron chi connectivity index (χ1n) is 7.42. The van der Waals surface area contributed by atoms with Crippen LogP contribution in [0, 0.1) is 20.8 Å². The maximum atomic E-state index is 5.29. The Morgan fingerprint density at radius 2 is 1.67 bits per heavy atom. The van der Waals surface area contributed by atoms with Gasteiger partial charge in [0, 0.05) is 6.04 Å². The Hall–Kier alpha value is -1.80. The van der Waals surface area contributed by atoms with Crippen LogP contribution in [0.3, 0.4) is 0 Å². The smallest absolute Gasteiger partial charge is 0.119 e. The van der Waals surface area contributed by atoms with E-state index in [9.17, 15) is 0 Å². The molecule has 0 radical (unpaired) electrons. The van der Waals surface area contributed by atoms with Gasteiger partial charge in [-0.3, -0.25) is 0 Å². The number of ether oxygens (including phenoxy) is 1. The molecular weight excluding hydrogens is 258 g/mol. The highest BCUT2D eigenvalue weighted by Gasteiger charge is 2.13. The number of methoxy groups -OCH3 is 1. The van der Waals surface area contributed by atoms with Gasteiger partial charge in [-0.2, -0.15) is 0 Å². The van der Waals surface area contributed by atoms with Gasteiger partial charge in [0.2, 0.25) is 0 Å². The summed E-state index contributed by atoms with van der Waals surface area (Å²) < 4.78 is 5.29. The van der Waals surface area contributed by atoms with E-state index in [2.05, 4.69) is 56.4 Å². The fraction of sp³-hybridized carbons (Fsp3) is 0.368. The lowest BCUT2D eigenvalue weighted by Gasteiger charge is -2.20. The highest BCUT2D eigenvalue weighted by molar-refractivity contribution is 5.38. The molecule has 1 unspecified atom stereocenters. The Bertz CT molecular complexity index is 599. The van der Waals surface area contributed by atoms with Gasteiger partial charge in [0.25, 0.3) is 0 Å². The summed E-state index contributed by atoms with van der Waals surface area (Å²) in [5.41, 5.74) is 6.62. The third kappa shape index (κ3) is 3.85. The highest BCUT2D eigenvalue weighted by atomic mass is 16.5. The van der Waals surface area contributed by atoms with Crippen LogP contribution in [0.15, 0.2) is 36.4 Å². The molecule has 0 saturated carbocycles. The molecule has 1 N–H and O–H groups in total. The lowest BCUT2D eigenvalue weighted by molar-refractivity contribution is 0.414. The van der Waals surface area contributed by atoms with Crippen LogP contribution >= 0.6 is 0 Å². The zero-order valence-corrected chi connectivity index (χ0v) is 13.7. The van der Waals surface area contributed by atoms with Crippen molar-refractivity contribution in [1.29, 1.82) is 0 Å². The lowest BCUT2D eigenvalue weighted by Crippen LogP contribution is -2.20. The molecule has 0 bridgehead atoms. The van der Waals surface area contributed by atoms with Crippen LogP contribution in [0.25, 0.3) is 0 Å². The zero-order valence-electron chi connectivity index (χ0n) is 13.7. The maximum Gasteiger partial charge on any atom is 0.119 e. The molecule has 21 heavy (non-hydrogen) atoms. The molecule has 2 aromatic rings. The number of hydrogen-bond acceptors (Lipinski definition) is 2. The molecule has 0 heterocycles. The van der Waals surface area contributed by atoms with Crippen molar-refractivity contribution in [2.24, 2.45) is 0 Å². The van der Waals surface area contributed by atoms with Crippen molar-refractivity contribution >= 4 is 0 Å². The summed E-state index contributed by atoms with van der Waals surface area (Å²) >= 11 is 0. The number of rotatable bonds is 5. The predicted molar refractivity (Wildman–Crippen MR) is 89.2 cm³/mol. The molecule has 0 aromatic heterocycles. The van der Waals surface area contributed by atoms with Gasteiger partial charge in [-0.1, -0.05) is 35.4 Å². The van der Waals surface area contributed by atoms with Gasteiger partial charge in [-0.05, 0) is 63.1 Å². The summed E-state index contributed by atoms with van der Waals surface area (Å²) in [5, 5.41) is 3.44. The largest absolute Gasteiger partial charge is 0.497 e. The van der Waals surface area contributed by atoms with Crippen molar-refractivity contribution < 1.29 is 4.74 Å². The standard InChI is InChI=1S/C19H25NO/c1-13-8-14(2)10-16(9-13)12-19(20-4)18-7-6-17(21-5)11-15(18)3/h6-11,19-20H,12H2,1-5H3. The molecule has 0 spiro atoms. The minimum absolute atomic E-state index is 0.317. The molecule has 0 fully saturated rings. The van der Waals surface area contributed by atoms with Crippen LogP contribution < -0.4 is 10.1 Å². The molecule has 2 nitrogen and oxygen atoms in total. The summed E-state index contributed by atoms with van der Waals surface area (Å²) in [5.74, 6) is 0.914. The normalized spacial score (nSPS) is 12.2. The Balaban J connectivity index is 2.27. The predicted octanol–water partition coefficient (Wildman–Crippen LogP) is 4.12. The van der Waals surface area contributed by atoms with E-state index in [0.29, 0.717) is 6.04 Å². The molecule has 2 aromatic carbocycles. The second-order valence-electron chi connectivity index (χ2n) is 5.76. The zero-order chi connectivity index (χ0) is 15.4. The first kappa shape index (κ1) is 15.6. The minimum atomic E-state index is 0.317. The molecule has 1 atom stereocenters. The summed E-state index contributed by atoms with van der Waals surface area (Å²) in [6.45, 7) is 6.46. The van der Waals surface area contributed by atoms with Crippen LogP contribution in [0.1, 0.15) is 33.9 Å². The van der Waals surface area contributed by atoms with E-state index < -0.39 is 0 Å². The minimum Gasteiger partial charge on any atom is -0.497 e. The molecule has 2 rings (SSSR count). The van der Waals surface area contributed by atoms with Crippen LogP contribution in [-0.4, -0.2) is 14.2 Å². The third-order valence-corrected chi connectivity index (χ3v) is 3.92. The van der Waals surface area contributed by atoms with Gasteiger partial charge in [-0.25, -0.2) is 0 Å². The van der Waals surface area contributed by atoms with Crippen molar-refractivity contribution in [3.63, 3.8) is 0 Å².